The Labute approximate surface area is 328 Å². The van der Waals surface area contributed by atoms with Gasteiger partial charge < -0.3 is 4.57 Å². The molecule has 0 spiro atoms. The normalized spacial score (nSPS) is 20.6. The minimum absolute atomic E-state index is 0.0510. The molecule has 6 aromatic rings. The topological polar surface area (TPSA) is 30.7 Å². The van der Waals surface area contributed by atoms with Crippen molar-refractivity contribution in [2.24, 2.45) is 5.92 Å². The second-order valence-corrected chi connectivity index (χ2v) is 16.7. The van der Waals surface area contributed by atoms with Gasteiger partial charge in [0.1, 0.15) is 5.82 Å². The molecule has 2 unspecified atom stereocenters. The summed E-state index contributed by atoms with van der Waals surface area (Å²) in [4.78, 5) is 10.5. The number of fused-ring (bicyclic) bond motifs is 7. The van der Waals surface area contributed by atoms with Crippen molar-refractivity contribution >= 4 is 39.5 Å². The number of allylic oxidation sites excluding steroid dienone is 12. The molecule has 0 saturated carbocycles. The molecular weight excluding hydrogens is 679 g/mol. The van der Waals surface area contributed by atoms with Crippen molar-refractivity contribution in [2.45, 2.75) is 63.7 Å². The highest BCUT2D eigenvalue weighted by Crippen LogP contribution is 2.49. The predicted molar refractivity (Wildman–Crippen MR) is 233 cm³/mol. The van der Waals surface area contributed by atoms with Gasteiger partial charge in [-0.15, -0.1) is 0 Å². The van der Waals surface area contributed by atoms with Gasteiger partial charge in [-0.3, -0.25) is 0 Å². The van der Waals surface area contributed by atoms with Crippen molar-refractivity contribution in [1.29, 1.82) is 0 Å². The molecule has 11 rings (SSSR count). The Morgan fingerprint density at radius 2 is 1.46 bits per heavy atom. The molecular formula is C53H45N3. The van der Waals surface area contributed by atoms with Crippen LogP contribution in [0.4, 0.5) is 0 Å². The summed E-state index contributed by atoms with van der Waals surface area (Å²) in [5.41, 5.74) is 15.8. The van der Waals surface area contributed by atoms with E-state index >= 15 is 0 Å². The Morgan fingerprint density at radius 3 is 2.29 bits per heavy atom. The smallest absolute Gasteiger partial charge is 0.136 e. The van der Waals surface area contributed by atoms with Gasteiger partial charge in [-0.05, 0) is 113 Å². The van der Waals surface area contributed by atoms with E-state index in [9.17, 15) is 0 Å². The molecule has 2 atom stereocenters. The first-order valence-corrected chi connectivity index (χ1v) is 20.5. The molecule has 0 amide bonds. The minimum Gasteiger partial charge on any atom is -0.310 e. The van der Waals surface area contributed by atoms with Crippen LogP contribution in [-0.2, 0) is 5.41 Å². The molecule has 272 valence electrons. The lowest BCUT2D eigenvalue weighted by Gasteiger charge is -2.22. The van der Waals surface area contributed by atoms with Gasteiger partial charge >= 0.3 is 0 Å². The lowest BCUT2D eigenvalue weighted by atomic mass is 9.82. The highest BCUT2D eigenvalue weighted by atomic mass is 15.0. The van der Waals surface area contributed by atoms with Gasteiger partial charge in [-0.1, -0.05) is 135 Å². The van der Waals surface area contributed by atoms with Crippen LogP contribution in [-0.4, -0.2) is 14.5 Å². The molecule has 5 aliphatic rings. The van der Waals surface area contributed by atoms with Gasteiger partial charge in [-0.25, -0.2) is 9.97 Å². The molecule has 0 fully saturated rings. The number of hydrogen-bond donors (Lipinski definition) is 0. The molecule has 2 aromatic heterocycles. The van der Waals surface area contributed by atoms with Crippen LogP contribution in [0.25, 0.3) is 56.3 Å². The number of nitrogens with zero attached hydrogens (tertiary/aromatic N) is 3. The van der Waals surface area contributed by atoms with Crippen molar-refractivity contribution in [2.75, 3.05) is 0 Å². The zero-order chi connectivity index (χ0) is 37.4. The van der Waals surface area contributed by atoms with Crippen LogP contribution in [0.15, 0.2) is 156 Å². The first-order chi connectivity index (χ1) is 27.5. The lowest BCUT2D eigenvalue weighted by Crippen LogP contribution is -2.32. The maximum atomic E-state index is 5.34. The molecule has 2 heterocycles. The summed E-state index contributed by atoms with van der Waals surface area (Å²) in [7, 11) is 0. The summed E-state index contributed by atoms with van der Waals surface area (Å²) in [6.45, 7) is 4.75. The first kappa shape index (κ1) is 33.3. The van der Waals surface area contributed by atoms with Crippen LogP contribution in [0, 0.1) is 5.92 Å². The fourth-order valence-electron chi connectivity index (χ4n) is 10.1. The van der Waals surface area contributed by atoms with E-state index in [1.807, 2.05) is 0 Å². The van der Waals surface area contributed by atoms with Crippen molar-refractivity contribution in [1.82, 2.24) is 14.5 Å². The molecule has 5 aliphatic carbocycles. The van der Waals surface area contributed by atoms with Gasteiger partial charge in [0.2, 0.25) is 0 Å². The van der Waals surface area contributed by atoms with E-state index in [4.69, 9.17) is 9.97 Å². The van der Waals surface area contributed by atoms with E-state index in [1.165, 1.54) is 71.7 Å². The van der Waals surface area contributed by atoms with Gasteiger partial charge in [0.05, 0.1) is 16.7 Å². The third kappa shape index (κ3) is 5.32. The number of hydrogen-bond acceptors (Lipinski definition) is 2. The van der Waals surface area contributed by atoms with Gasteiger partial charge in [-0.2, -0.15) is 0 Å². The van der Waals surface area contributed by atoms with E-state index < -0.39 is 0 Å². The van der Waals surface area contributed by atoms with Crippen LogP contribution >= 0.6 is 0 Å². The van der Waals surface area contributed by atoms with Gasteiger partial charge in [0.15, 0.2) is 0 Å². The van der Waals surface area contributed by atoms with Crippen molar-refractivity contribution in [3.63, 3.8) is 0 Å². The molecule has 0 saturated heterocycles. The molecule has 0 aliphatic heterocycles. The van der Waals surface area contributed by atoms with E-state index in [1.54, 1.807) is 0 Å². The quantitative estimate of drug-likeness (QED) is 0.177. The first-order valence-electron chi connectivity index (χ1n) is 20.5. The van der Waals surface area contributed by atoms with Crippen molar-refractivity contribution in [3.05, 3.63) is 190 Å². The van der Waals surface area contributed by atoms with E-state index in [2.05, 4.69) is 170 Å². The molecule has 0 bridgehead atoms. The number of rotatable bonds is 5. The van der Waals surface area contributed by atoms with E-state index in [-0.39, 0.29) is 11.3 Å². The van der Waals surface area contributed by atoms with Crippen molar-refractivity contribution < 1.29 is 0 Å². The Hall–Kier alpha value is -6.06. The Balaban J connectivity index is 0.949. The van der Waals surface area contributed by atoms with Crippen LogP contribution in [0.3, 0.4) is 0 Å². The number of para-hydroxylation sites is 2. The minimum atomic E-state index is -0.0510. The largest absolute Gasteiger partial charge is 0.310 e. The monoisotopic (exact) mass is 723 g/mol. The standard InChI is InChI=1S/C53H45N3/c1-53(2)46-19-11-9-17-41(46)43-32-45-44-31-39(29-30-49(44)56(50(45)33-47(43)53)40-15-7-4-8-16-40)36-23-27-38(28-24-36)52-54-48-20-12-10-18-42(48)51(55-52)37-25-21-35(22-26-37)34-13-5-3-6-14-34/h3-5,7-13,15-21,23-25,27,30-33,38-39H,6,14,22,26,28-29H2,1-2H3. The number of benzene rings is 4. The summed E-state index contributed by atoms with van der Waals surface area (Å²) in [5, 5.41) is 5.13. The Kier molecular flexibility index (Phi) is 7.74. The molecule has 4 aromatic carbocycles. The Bertz CT molecular complexity index is 2940. The highest BCUT2D eigenvalue weighted by molar-refractivity contribution is 5.94. The zero-order valence-electron chi connectivity index (χ0n) is 32.2. The summed E-state index contributed by atoms with van der Waals surface area (Å²) in [5.74, 6) is 1.37. The predicted octanol–water partition coefficient (Wildman–Crippen LogP) is 11.5. The molecule has 56 heavy (non-hydrogen) atoms. The maximum Gasteiger partial charge on any atom is 0.136 e. The molecule has 3 heteroatoms. The zero-order valence-corrected chi connectivity index (χ0v) is 32.2. The fraction of sp³-hybridized carbons (Fsp3) is 0.208. The second kappa shape index (κ2) is 13.0. The second-order valence-electron chi connectivity index (χ2n) is 16.7. The summed E-state index contributed by atoms with van der Waals surface area (Å²) >= 11 is 0. The van der Waals surface area contributed by atoms with Crippen LogP contribution < -0.4 is 10.6 Å². The number of aromatic nitrogens is 3. The third-order valence-electron chi connectivity index (χ3n) is 13.1. The third-order valence-corrected chi connectivity index (χ3v) is 13.1. The van der Waals surface area contributed by atoms with Crippen LogP contribution in [0.1, 0.15) is 80.9 Å². The van der Waals surface area contributed by atoms with Gasteiger partial charge in [0.25, 0.3) is 0 Å². The Morgan fingerprint density at radius 1 is 0.679 bits per heavy atom. The summed E-state index contributed by atoms with van der Waals surface area (Å²) in [6.07, 6.45) is 29.8. The fourth-order valence-corrected chi connectivity index (χ4v) is 10.1. The van der Waals surface area contributed by atoms with Crippen molar-refractivity contribution in [3.8, 4) is 16.8 Å². The van der Waals surface area contributed by atoms with Crippen LogP contribution in [0.5, 0.6) is 0 Å². The average molecular weight is 724 g/mol. The molecule has 0 radical (unpaired) electrons. The van der Waals surface area contributed by atoms with Crippen LogP contribution in [0.2, 0.25) is 0 Å². The summed E-state index contributed by atoms with van der Waals surface area (Å²) in [6, 6.07) is 33.4. The average Bonchev–Trinajstić information content (AvgIpc) is 3.70. The maximum absolute atomic E-state index is 5.34. The van der Waals surface area contributed by atoms with E-state index in [0.717, 1.165) is 60.9 Å². The lowest BCUT2D eigenvalue weighted by molar-refractivity contribution is 0.661. The molecule has 3 nitrogen and oxygen atoms in total. The highest BCUT2D eigenvalue weighted by Gasteiger charge is 2.36. The molecule has 0 N–H and O–H groups in total. The van der Waals surface area contributed by atoms with Gasteiger partial charge in [0, 0.05) is 44.3 Å². The SMILES string of the molecule is CC1(C)c2ccccc2-c2cc3c4c(n(-c5ccccc5)c3cc21)=CCC(C1=CCC(c2nc(C3=CC=C(C5=CC=CCC5)CC3)c3ccccc3n2)C=C1)C=4. The van der Waals surface area contributed by atoms with E-state index in [0.29, 0.717) is 5.92 Å². The summed E-state index contributed by atoms with van der Waals surface area (Å²) < 4.78 is 2.50.